The molecular weight excluding hydrogens is 328 g/mol. The summed E-state index contributed by atoms with van der Waals surface area (Å²) in [6, 6.07) is 2.93. The molecule has 0 saturated carbocycles. The third-order valence-corrected chi connectivity index (χ3v) is 3.85. The van der Waals surface area contributed by atoms with Gasteiger partial charge in [-0.15, -0.1) is 0 Å². The minimum absolute atomic E-state index is 0.0700. The molecule has 0 unspecified atom stereocenters. The average molecular weight is 337 g/mol. The highest BCUT2D eigenvalue weighted by Gasteiger charge is 2.46. The minimum atomic E-state index is -5.50. The first kappa shape index (κ1) is 17.6. The number of alkyl halides is 6. The van der Waals surface area contributed by atoms with E-state index in [-0.39, 0.29) is 5.69 Å². The molecule has 1 atom stereocenters. The lowest BCUT2D eigenvalue weighted by Gasteiger charge is -2.16. The van der Waals surface area contributed by atoms with Gasteiger partial charge in [-0.05, 0) is 24.3 Å². The minimum Gasteiger partial charge on any atom is -0.382 e. The second kappa shape index (κ2) is 5.72. The van der Waals surface area contributed by atoms with E-state index in [0.717, 1.165) is 12.1 Å². The maximum Gasteiger partial charge on any atom is 0.501 e. The quantitative estimate of drug-likeness (QED) is 0.828. The van der Waals surface area contributed by atoms with E-state index in [0.29, 0.717) is 12.1 Å². The molecule has 0 amide bonds. The first-order valence-corrected chi connectivity index (χ1v) is 6.74. The Hall–Kier alpha value is -1.49. The Kier molecular flexibility index (Phi) is 4.78. The van der Waals surface area contributed by atoms with Gasteiger partial charge in [0.25, 0.3) is 9.84 Å². The van der Waals surface area contributed by atoms with E-state index >= 15 is 0 Å². The van der Waals surface area contributed by atoms with Gasteiger partial charge in [-0.2, -0.15) is 26.3 Å². The molecule has 0 aliphatic carbocycles. The number of hydrogen-bond acceptors (Lipinski definition) is 4. The highest BCUT2D eigenvalue weighted by atomic mass is 32.2. The van der Waals surface area contributed by atoms with E-state index in [1.165, 1.54) is 0 Å². The van der Waals surface area contributed by atoms with Crippen LogP contribution in [0.4, 0.5) is 32.0 Å². The van der Waals surface area contributed by atoms with E-state index in [2.05, 4.69) is 5.32 Å². The summed E-state index contributed by atoms with van der Waals surface area (Å²) in [6.07, 6.45) is -7.50. The van der Waals surface area contributed by atoms with Crippen LogP contribution in [0.25, 0.3) is 0 Å². The predicted molar refractivity (Wildman–Crippen MR) is 60.2 cm³/mol. The van der Waals surface area contributed by atoms with Gasteiger partial charge in [0.2, 0.25) is 0 Å². The Morgan fingerprint density at radius 1 is 1.05 bits per heavy atom. The van der Waals surface area contributed by atoms with Crippen LogP contribution in [0, 0.1) is 0 Å². The fraction of sp³-hybridized carbons (Fsp3) is 0.400. The maximum absolute atomic E-state index is 12.2. The molecule has 0 aliphatic heterocycles. The molecular formula is C10H9F6NO3S. The molecule has 1 rings (SSSR count). The van der Waals surface area contributed by atoms with Crippen molar-refractivity contribution in [3.8, 4) is 0 Å². The topological polar surface area (TPSA) is 66.4 Å². The lowest BCUT2D eigenvalue weighted by molar-refractivity contribution is -0.198. The van der Waals surface area contributed by atoms with Crippen LogP contribution in [-0.4, -0.2) is 37.9 Å². The number of rotatable bonds is 4. The van der Waals surface area contributed by atoms with Gasteiger partial charge in [0.05, 0.1) is 4.90 Å². The van der Waals surface area contributed by atoms with Crippen molar-refractivity contribution in [3.05, 3.63) is 24.3 Å². The zero-order valence-corrected chi connectivity index (χ0v) is 10.9. The highest BCUT2D eigenvalue weighted by Crippen LogP contribution is 2.30. The van der Waals surface area contributed by atoms with Crippen molar-refractivity contribution in [3.63, 3.8) is 0 Å². The van der Waals surface area contributed by atoms with Crippen LogP contribution >= 0.6 is 0 Å². The van der Waals surface area contributed by atoms with Crippen molar-refractivity contribution in [2.24, 2.45) is 0 Å². The van der Waals surface area contributed by atoms with Gasteiger partial charge < -0.3 is 10.4 Å². The molecule has 0 heterocycles. The molecule has 0 bridgehead atoms. The average Bonchev–Trinajstić information content (AvgIpc) is 2.33. The van der Waals surface area contributed by atoms with Crippen LogP contribution in [0.2, 0.25) is 0 Å². The fourth-order valence-electron chi connectivity index (χ4n) is 1.22. The molecule has 0 saturated heterocycles. The summed E-state index contributed by atoms with van der Waals surface area (Å²) in [7, 11) is -5.50. The standard InChI is InChI=1S/C10H9F6NO3S/c11-9(12,13)8(18)5-17-6-1-3-7(4-2-6)21(19,20)10(14,15)16/h1-4,8,17-18H,5H2/t8-/m0/s1. The molecule has 1 aromatic carbocycles. The van der Waals surface area contributed by atoms with Gasteiger partial charge in [0.15, 0.2) is 6.10 Å². The number of sulfone groups is 1. The number of aliphatic hydroxyl groups is 1. The van der Waals surface area contributed by atoms with Crippen molar-refractivity contribution < 1.29 is 39.9 Å². The molecule has 0 fully saturated rings. The van der Waals surface area contributed by atoms with Crippen LogP contribution in [0.5, 0.6) is 0 Å². The van der Waals surface area contributed by atoms with Gasteiger partial charge in [0, 0.05) is 12.2 Å². The highest BCUT2D eigenvalue weighted by molar-refractivity contribution is 7.92. The van der Waals surface area contributed by atoms with E-state index in [1.807, 2.05) is 0 Å². The zero-order valence-electron chi connectivity index (χ0n) is 10.0. The third-order valence-electron chi connectivity index (χ3n) is 2.35. The van der Waals surface area contributed by atoms with Crippen LogP contribution in [0.15, 0.2) is 29.2 Å². The van der Waals surface area contributed by atoms with Crippen molar-refractivity contribution in [2.45, 2.75) is 22.7 Å². The largest absolute Gasteiger partial charge is 0.501 e. The Labute approximate surface area is 115 Å². The first-order valence-electron chi connectivity index (χ1n) is 5.26. The van der Waals surface area contributed by atoms with E-state index in [4.69, 9.17) is 5.11 Å². The lowest BCUT2D eigenvalue weighted by atomic mass is 10.3. The Morgan fingerprint density at radius 3 is 1.90 bits per heavy atom. The fourth-order valence-corrected chi connectivity index (χ4v) is 1.98. The summed E-state index contributed by atoms with van der Waals surface area (Å²) in [5.74, 6) is 0. The van der Waals surface area contributed by atoms with Gasteiger partial charge in [0.1, 0.15) is 0 Å². The Morgan fingerprint density at radius 2 is 1.52 bits per heavy atom. The molecule has 120 valence electrons. The number of anilines is 1. The molecule has 1 aromatic rings. The normalized spacial score (nSPS) is 14.8. The summed E-state index contributed by atoms with van der Waals surface area (Å²) in [6.45, 7) is -0.922. The molecule has 0 aromatic heterocycles. The van der Waals surface area contributed by atoms with Crippen LogP contribution in [0.3, 0.4) is 0 Å². The zero-order chi connectivity index (χ0) is 16.5. The summed E-state index contributed by atoms with van der Waals surface area (Å²) in [5.41, 5.74) is -5.53. The number of aliphatic hydroxyl groups excluding tert-OH is 1. The smallest absolute Gasteiger partial charge is 0.382 e. The van der Waals surface area contributed by atoms with E-state index < -0.39 is 39.1 Å². The molecule has 11 heteroatoms. The number of benzene rings is 1. The first-order chi connectivity index (χ1) is 9.35. The second-order valence-electron chi connectivity index (χ2n) is 3.91. The lowest BCUT2D eigenvalue weighted by Crippen LogP contribution is -2.35. The second-order valence-corrected chi connectivity index (χ2v) is 5.85. The van der Waals surface area contributed by atoms with Gasteiger partial charge in [-0.3, -0.25) is 0 Å². The Balaban J connectivity index is 2.81. The number of halogens is 6. The van der Waals surface area contributed by atoms with Crippen LogP contribution in [-0.2, 0) is 9.84 Å². The van der Waals surface area contributed by atoms with E-state index in [1.54, 1.807) is 0 Å². The van der Waals surface area contributed by atoms with Crippen molar-refractivity contribution in [1.29, 1.82) is 0 Å². The molecule has 0 spiro atoms. The molecule has 21 heavy (non-hydrogen) atoms. The molecule has 0 radical (unpaired) electrons. The maximum atomic E-state index is 12.2. The summed E-state index contributed by atoms with van der Waals surface area (Å²) < 4.78 is 94.8. The third kappa shape index (κ3) is 4.24. The SMILES string of the molecule is O=S(=O)(c1ccc(NC[C@H](O)C(F)(F)F)cc1)C(F)(F)F. The number of nitrogens with one attached hydrogen (secondary N) is 1. The summed E-state index contributed by atoms with van der Waals surface area (Å²) in [5, 5.41) is 10.8. The van der Waals surface area contributed by atoms with Gasteiger partial charge in [-0.1, -0.05) is 0 Å². The number of hydrogen-bond donors (Lipinski definition) is 2. The van der Waals surface area contributed by atoms with Crippen molar-refractivity contribution in [1.82, 2.24) is 0 Å². The van der Waals surface area contributed by atoms with Gasteiger partial charge >= 0.3 is 11.7 Å². The summed E-state index contributed by atoms with van der Waals surface area (Å²) >= 11 is 0. The molecule has 4 nitrogen and oxygen atoms in total. The molecule has 2 N–H and O–H groups in total. The van der Waals surface area contributed by atoms with Crippen molar-refractivity contribution in [2.75, 3.05) is 11.9 Å². The van der Waals surface area contributed by atoms with Crippen molar-refractivity contribution >= 4 is 15.5 Å². The van der Waals surface area contributed by atoms with Crippen LogP contribution < -0.4 is 5.32 Å². The van der Waals surface area contributed by atoms with Gasteiger partial charge in [-0.25, -0.2) is 8.42 Å². The molecule has 0 aliphatic rings. The monoisotopic (exact) mass is 337 g/mol. The Bertz CT molecular complexity index is 578. The predicted octanol–water partition coefficient (Wildman–Crippen LogP) is 2.32. The summed E-state index contributed by atoms with van der Waals surface area (Å²) in [4.78, 5) is -1.03. The van der Waals surface area contributed by atoms with Crippen LogP contribution in [0.1, 0.15) is 0 Å². The van der Waals surface area contributed by atoms with E-state index in [9.17, 15) is 34.8 Å².